The molecule has 0 saturated heterocycles. The molecule has 1 N–H and O–H groups in total. The van der Waals surface area contributed by atoms with Gasteiger partial charge in [-0.15, -0.1) is 0 Å². The molecule has 110 valence electrons. The predicted molar refractivity (Wildman–Crippen MR) is 82.6 cm³/mol. The fraction of sp³-hybridized carbons (Fsp3) is 0.333. The lowest BCUT2D eigenvalue weighted by atomic mass is 9.98. The normalized spacial score (nSPS) is 15.7. The van der Waals surface area contributed by atoms with Crippen molar-refractivity contribution >= 4 is 29.1 Å². The number of hydrogen-bond donors (Lipinski definition) is 1. The second-order valence-electron chi connectivity index (χ2n) is 5.28. The van der Waals surface area contributed by atoms with Crippen LogP contribution in [-0.4, -0.2) is 27.5 Å². The van der Waals surface area contributed by atoms with Crippen molar-refractivity contribution in [2.24, 2.45) is 0 Å². The zero-order valence-corrected chi connectivity index (χ0v) is 13.1. The highest BCUT2D eigenvalue weighted by Crippen LogP contribution is 2.28. The maximum atomic E-state index is 12.6. The van der Waals surface area contributed by atoms with E-state index in [1.165, 1.54) is 5.56 Å². The van der Waals surface area contributed by atoms with E-state index in [0.29, 0.717) is 16.6 Å². The summed E-state index contributed by atoms with van der Waals surface area (Å²) in [5.41, 5.74) is 3.10. The minimum absolute atomic E-state index is 0.0913. The first-order valence-corrected chi connectivity index (χ1v) is 7.56. The van der Waals surface area contributed by atoms with Gasteiger partial charge in [-0.2, -0.15) is 5.10 Å². The molecule has 6 heteroatoms. The molecular weight excluding hydrogens is 309 g/mol. The fourth-order valence-electron chi connectivity index (χ4n) is 2.60. The van der Waals surface area contributed by atoms with Crippen LogP contribution >= 0.6 is 23.2 Å². The maximum absolute atomic E-state index is 12.6. The molecule has 1 aliphatic heterocycles. The Kier molecular flexibility index (Phi) is 3.91. The van der Waals surface area contributed by atoms with Crippen LogP contribution in [0.4, 0.5) is 0 Å². The van der Waals surface area contributed by atoms with Gasteiger partial charge >= 0.3 is 0 Å². The monoisotopic (exact) mass is 323 g/mol. The number of carbonyl (C=O) groups is 1. The molecule has 0 saturated carbocycles. The van der Waals surface area contributed by atoms with Crippen LogP contribution in [0.2, 0.25) is 10.0 Å². The second kappa shape index (κ2) is 5.70. The number of nitrogens with one attached hydrogen (secondary N) is 1. The summed E-state index contributed by atoms with van der Waals surface area (Å²) >= 11 is 11.9. The second-order valence-corrected chi connectivity index (χ2v) is 6.09. The average molecular weight is 324 g/mol. The molecule has 4 nitrogen and oxygen atoms in total. The first kappa shape index (κ1) is 14.4. The van der Waals surface area contributed by atoms with E-state index < -0.39 is 0 Å². The molecule has 21 heavy (non-hydrogen) atoms. The van der Waals surface area contributed by atoms with E-state index in [1.807, 2.05) is 24.1 Å². The highest BCUT2D eigenvalue weighted by molar-refractivity contribution is 6.42. The molecule has 0 bridgehead atoms. The molecule has 2 heterocycles. The van der Waals surface area contributed by atoms with Crippen molar-refractivity contribution in [1.29, 1.82) is 0 Å². The number of aromatic amines is 1. The summed E-state index contributed by atoms with van der Waals surface area (Å²) in [7, 11) is 0. The summed E-state index contributed by atoms with van der Waals surface area (Å²) in [5, 5.41) is 7.96. The van der Waals surface area contributed by atoms with Crippen LogP contribution in [-0.2, 0) is 17.8 Å². The molecule has 0 aliphatic carbocycles. The van der Waals surface area contributed by atoms with Gasteiger partial charge in [0.1, 0.15) is 0 Å². The zero-order valence-electron chi connectivity index (χ0n) is 11.6. The number of halogens is 2. The number of aromatic nitrogens is 2. The summed E-state index contributed by atoms with van der Waals surface area (Å²) in [5.74, 6) is -0.155. The molecule has 1 amide bonds. The Labute approximate surface area is 133 Å². The van der Waals surface area contributed by atoms with Gasteiger partial charge in [0.15, 0.2) is 0 Å². The number of rotatable bonds is 2. The Morgan fingerprint density at radius 1 is 1.38 bits per heavy atom. The molecule has 1 aromatic carbocycles. The lowest BCUT2D eigenvalue weighted by molar-refractivity contribution is -0.133. The van der Waals surface area contributed by atoms with Crippen molar-refractivity contribution in [2.45, 2.75) is 25.8 Å². The average Bonchev–Trinajstić information content (AvgIpc) is 2.96. The Morgan fingerprint density at radius 3 is 2.95 bits per heavy atom. The molecule has 3 rings (SSSR count). The summed E-state index contributed by atoms with van der Waals surface area (Å²) in [6.07, 6.45) is 2.67. The standard InChI is InChI=1S/C15H15Cl2N3O/c1-9(10-2-3-12(16)13(17)6-10)15(21)20-5-4-11-7-18-19-14(11)8-20/h2-3,6-7,9H,4-5,8H2,1H3,(H,18,19). The number of hydrogen-bond acceptors (Lipinski definition) is 2. The minimum Gasteiger partial charge on any atom is -0.336 e. The van der Waals surface area contributed by atoms with Gasteiger partial charge in [0.2, 0.25) is 5.91 Å². The van der Waals surface area contributed by atoms with Gasteiger partial charge in [-0.05, 0) is 36.6 Å². The van der Waals surface area contributed by atoms with Crippen molar-refractivity contribution < 1.29 is 4.79 Å². The van der Waals surface area contributed by atoms with Gasteiger partial charge in [0.25, 0.3) is 0 Å². The summed E-state index contributed by atoms with van der Waals surface area (Å²) in [4.78, 5) is 14.5. The van der Waals surface area contributed by atoms with E-state index in [-0.39, 0.29) is 11.8 Å². The van der Waals surface area contributed by atoms with Gasteiger partial charge < -0.3 is 4.90 Å². The van der Waals surface area contributed by atoms with Crippen LogP contribution in [0, 0.1) is 0 Å². The lowest BCUT2D eigenvalue weighted by Gasteiger charge is -2.29. The predicted octanol–water partition coefficient (Wildman–Crippen LogP) is 3.40. The Balaban J connectivity index is 1.77. The van der Waals surface area contributed by atoms with Crippen LogP contribution in [0.15, 0.2) is 24.4 Å². The molecule has 2 aromatic rings. The Hall–Kier alpha value is -1.52. The van der Waals surface area contributed by atoms with Crippen LogP contribution in [0.25, 0.3) is 0 Å². The molecule has 0 fully saturated rings. The van der Waals surface area contributed by atoms with Crippen molar-refractivity contribution in [3.05, 3.63) is 51.3 Å². The van der Waals surface area contributed by atoms with E-state index in [2.05, 4.69) is 10.2 Å². The van der Waals surface area contributed by atoms with E-state index in [0.717, 1.165) is 24.2 Å². The van der Waals surface area contributed by atoms with Gasteiger partial charge in [-0.1, -0.05) is 29.3 Å². The van der Waals surface area contributed by atoms with Crippen molar-refractivity contribution in [3.8, 4) is 0 Å². The van der Waals surface area contributed by atoms with Crippen molar-refractivity contribution in [2.75, 3.05) is 6.54 Å². The highest BCUT2D eigenvalue weighted by atomic mass is 35.5. The van der Waals surface area contributed by atoms with Gasteiger partial charge in [0.05, 0.1) is 34.4 Å². The van der Waals surface area contributed by atoms with Crippen molar-refractivity contribution in [1.82, 2.24) is 15.1 Å². The summed E-state index contributed by atoms with van der Waals surface area (Å²) < 4.78 is 0. The lowest BCUT2D eigenvalue weighted by Crippen LogP contribution is -2.38. The van der Waals surface area contributed by atoms with Gasteiger partial charge in [-0.3, -0.25) is 9.89 Å². The molecule has 1 aromatic heterocycles. The number of carbonyl (C=O) groups excluding carboxylic acids is 1. The van der Waals surface area contributed by atoms with E-state index in [4.69, 9.17) is 23.2 Å². The third-order valence-electron chi connectivity index (χ3n) is 3.93. The summed E-state index contributed by atoms with van der Waals surface area (Å²) in [6.45, 7) is 3.20. The molecule has 1 atom stereocenters. The minimum atomic E-state index is -0.246. The Bertz CT molecular complexity index is 683. The fourth-order valence-corrected chi connectivity index (χ4v) is 2.91. The first-order chi connectivity index (χ1) is 10.1. The third-order valence-corrected chi connectivity index (χ3v) is 4.67. The number of fused-ring (bicyclic) bond motifs is 1. The number of amides is 1. The smallest absolute Gasteiger partial charge is 0.230 e. The number of H-pyrrole nitrogens is 1. The maximum Gasteiger partial charge on any atom is 0.230 e. The largest absolute Gasteiger partial charge is 0.336 e. The molecule has 0 radical (unpaired) electrons. The quantitative estimate of drug-likeness (QED) is 0.920. The number of benzene rings is 1. The Morgan fingerprint density at radius 2 is 2.19 bits per heavy atom. The van der Waals surface area contributed by atoms with Crippen molar-refractivity contribution in [3.63, 3.8) is 0 Å². The van der Waals surface area contributed by atoms with E-state index in [9.17, 15) is 4.79 Å². The SMILES string of the molecule is CC(C(=O)N1CCc2cn[nH]c2C1)c1ccc(Cl)c(Cl)c1. The molecule has 1 aliphatic rings. The van der Waals surface area contributed by atoms with Gasteiger partial charge in [0, 0.05) is 6.54 Å². The summed E-state index contributed by atoms with van der Waals surface area (Å²) in [6, 6.07) is 5.34. The number of nitrogens with zero attached hydrogens (tertiary/aromatic N) is 2. The molecular formula is C15H15Cl2N3O. The third kappa shape index (κ3) is 2.78. The van der Waals surface area contributed by atoms with Crippen LogP contribution < -0.4 is 0 Å². The highest BCUT2D eigenvalue weighted by Gasteiger charge is 2.26. The molecule has 1 unspecified atom stereocenters. The van der Waals surface area contributed by atoms with E-state index >= 15 is 0 Å². The van der Waals surface area contributed by atoms with Crippen LogP contribution in [0.3, 0.4) is 0 Å². The molecule has 0 spiro atoms. The zero-order chi connectivity index (χ0) is 15.0. The van der Waals surface area contributed by atoms with Crippen LogP contribution in [0.1, 0.15) is 29.7 Å². The first-order valence-electron chi connectivity index (χ1n) is 6.81. The topological polar surface area (TPSA) is 49.0 Å². The van der Waals surface area contributed by atoms with E-state index in [1.54, 1.807) is 12.1 Å². The van der Waals surface area contributed by atoms with Gasteiger partial charge in [-0.25, -0.2) is 0 Å². The van der Waals surface area contributed by atoms with Crippen LogP contribution in [0.5, 0.6) is 0 Å².